The summed E-state index contributed by atoms with van der Waals surface area (Å²) in [6.07, 6.45) is 4.41. The quantitative estimate of drug-likeness (QED) is 0.914. The molecule has 0 spiro atoms. The van der Waals surface area contributed by atoms with E-state index in [9.17, 15) is 5.11 Å². The molecular weight excluding hydrogens is 248 g/mol. The van der Waals surface area contributed by atoms with Gasteiger partial charge in [0.25, 0.3) is 0 Å². The SMILES string of the molecule is CN1CCCC1CN(C)C1CCc2ccccc2C1O. The number of likely N-dealkylation sites (N-methyl/N-ethyl adjacent to an activating group) is 2. The molecule has 110 valence electrons. The predicted molar refractivity (Wildman–Crippen MR) is 81.8 cm³/mol. The Balaban J connectivity index is 1.68. The van der Waals surface area contributed by atoms with Gasteiger partial charge in [-0.1, -0.05) is 24.3 Å². The van der Waals surface area contributed by atoms with Crippen LogP contribution in [0.15, 0.2) is 24.3 Å². The third-order valence-corrected chi connectivity index (χ3v) is 5.18. The van der Waals surface area contributed by atoms with E-state index in [4.69, 9.17) is 0 Å². The number of rotatable bonds is 3. The van der Waals surface area contributed by atoms with Gasteiger partial charge >= 0.3 is 0 Å². The van der Waals surface area contributed by atoms with Crippen molar-refractivity contribution < 1.29 is 5.11 Å². The summed E-state index contributed by atoms with van der Waals surface area (Å²) < 4.78 is 0. The molecule has 1 aromatic rings. The van der Waals surface area contributed by atoms with Crippen molar-refractivity contribution in [2.45, 2.75) is 43.9 Å². The zero-order valence-electron chi connectivity index (χ0n) is 12.6. The number of likely N-dealkylation sites (tertiary alicyclic amines) is 1. The number of benzene rings is 1. The van der Waals surface area contributed by atoms with E-state index >= 15 is 0 Å². The van der Waals surface area contributed by atoms with E-state index in [1.54, 1.807) is 0 Å². The fourth-order valence-electron chi connectivity index (χ4n) is 3.86. The molecule has 1 aliphatic carbocycles. The molecule has 0 amide bonds. The molecule has 20 heavy (non-hydrogen) atoms. The van der Waals surface area contributed by atoms with Crippen molar-refractivity contribution >= 4 is 0 Å². The molecule has 3 unspecified atom stereocenters. The molecule has 3 heteroatoms. The number of fused-ring (bicyclic) bond motifs is 1. The highest BCUT2D eigenvalue weighted by atomic mass is 16.3. The minimum absolute atomic E-state index is 0.263. The van der Waals surface area contributed by atoms with Crippen LogP contribution in [0.1, 0.15) is 36.5 Å². The molecule has 0 aromatic heterocycles. The Bertz CT molecular complexity index is 462. The molecular formula is C17H26N2O. The number of aliphatic hydroxyl groups is 1. The van der Waals surface area contributed by atoms with Crippen LogP contribution in [0.4, 0.5) is 0 Å². The maximum atomic E-state index is 10.7. The lowest BCUT2D eigenvalue weighted by Crippen LogP contribution is -2.45. The van der Waals surface area contributed by atoms with Crippen LogP contribution in [0.3, 0.4) is 0 Å². The van der Waals surface area contributed by atoms with Gasteiger partial charge in [-0.15, -0.1) is 0 Å². The van der Waals surface area contributed by atoms with E-state index in [-0.39, 0.29) is 12.1 Å². The largest absolute Gasteiger partial charge is 0.387 e. The van der Waals surface area contributed by atoms with Crippen molar-refractivity contribution in [1.82, 2.24) is 9.80 Å². The molecule has 1 aliphatic heterocycles. The maximum absolute atomic E-state index is 10.7. The molecule has 1 N–H and O–H groups in total. The lowest BCUT2D eigenvalue weighted by atomic mass is 9.85. The molecule has 1 aromatic carbocycles. The summed E-state index contributed by atoms with van der Waals surface area (Å²) in [4.78, 5) is 4.84. The summed E-state index contributed by atoms with van der Waals surface area (Å²) in [5.74, 6) is 0. The standard InChI is InChI=1S/C17H26N2O/c1-18-11-5-7-14(18)12-19(2)16-10-9-13-6-3-4-8-15(13)17(16)20/h3-4,6,8,14,16-17,20H,5,7,9-12H2,1-2H3. The van der Waals surface area contributed by atoms with Gasteiger partial charge in [0.15, 0.2) is 0 Å². The Morgan fingerprint density at radius 3 is 2.85 bits per heavy atom. The summed E-state index contributed by atoms with van der Waals surface area (Å²) in [6.45, 7) is 2.29. The summed E-state index contributed by atoms with van der Waals surface area (Å²) in [7, 11) is 4.39. The highest BCUT2D eigenvalue weighted by Crippen LogP contribution is 2.32. The van der Waals surface area contributed by atoms with E-state index in [1.165, 1.54) is 24.9 Å². The number of nitrogens with zero attached hydrogens (tertiary/aromatic N) is 2. The first-order valence-electron chi connectivity index (χ1n) is 7.83. The van der Waals surface area contributed by atoms with Crippen molar-refractivity contribution in [2.75, 3.05) is 27.2 Å². The minimum Gasteiger partial charge on any atom is -0.387 e. The Labute approximate surface area is 122 Å². The fourth-order valence-corrected chi connectivity index (χ4v) is 3.86. The minimum atomic E-state index is -0.336. The molecule has 3 rings (SSSR count). The van der Waals surface area contributed by atoms with E-state index in [0.29, 0.717) is 6.04 Å². The van der Waals surface area contributed by atoms with E-state index in [1.807, 2.05) is 6.07 Å². The van der Waals surface area contributed by atoms with Gasteiger partial charge in [0.1, 0.15) is 0 Å². The average molecular weight is 274 g/mol. The van der Waals surface area contributed by atoms with Gasteiger partial charge in [0.05, 0.1) is 6.10 Å². The van der Waals surface area contributed by atoms with Crippen LogP contribution in [0.5, 0.6) is 0 Å². The topological polar surface area (TPSA) is 26.7 Å². The lowest BCUT2D eigenvalue weighted by molar-refractivity contribution is 0.0398. The third-order valence-electron chi connectivity index (χ3n) is 5.18. The Morgan fingerprint density at radius 2 is 2.10 bits per heavy atom. The summed E-state index contributed by atoms with van der Waals surface area (Å²) >= 11 is 0. The van der Waals surface area contributed by atoms with Gasteiger partial charge < -0.3 is 10.0 Å². The van der Waals surface area contributed by atoms with E-state index in [0.717, 1.165) is 24.9 Å². The molecule has 3 nitrogen and oxygen atoms in total. The van der Waals surface area contributed by atoms with Gasteiger partial charge in [-0.05, 0) is 57.5 Å². The molecule has 0 bridgehead atoms. The van der Waals surface area contributed by atoms with Gasteiger partial charge in [0, 0.05) is 18.6 Å². The van der Waals surface area contributed by atoms with Crippen molar-refractivity contribution in [3.63, 3.8) is 0 Å². The highest BCUT2D eigenvalue weighted by molar-refractivity contribution is 5.32. The monoisotopic (exact) mass is 274 g/mol. The second-order valence-electron chi connectivity index (χ2n) is 6.47. The van der Waals surface area contributed by atoms with Crippen LogP contribution in [-0.4, -0.2) is 54.2 Å². The summed E-state index contributed by atoms with van der Waals surface area (Å²) in [5, 5.41) is 10.7. The zero-order valence-corrected chi connectivity index (χ0v) is 12.6. The zero-order chi connectivity index (χ0) is 14.1. The number of aryl methyl sites for hydroxylation is 1. The van der Waals surface area contributed by atoms with Crippen molar-refractivity contribution in [3.05, 3.63) is 35.4 Å². The normalized spacial score (nSPS) is 30.7. The number of hydrogen-bond acceptors (Lipinski definition) is 3. The Hall–Kier alpha value is -0.900. The van der Waals surface area contributed by atoms with Crippen LogP contribution >= 0.6 is 0 Å². The smallest absolute Gasteiger partial charge is 0.0947 e. The van der Waals surface area contributed by atoms with Gasteiger partial charge in [-0.2, -0.15) is 0 Å². The lowest BCUT2D eigenvalue weighted by Gasteiger charge is -2.38. The maximum Gasteiger partial charge on any atom is 0.0947 e. The first kappa shape index (κ1) is 14.1. The first-order valence-corrected chi connectivity index (χ1v) is 7.83. The van der Waals surface area contributed by atoms with E-state index in [2.05, 4.69) is 42.1 Å². The second kappa shape index (κ2) is 5.84. The predicted octanol–water partition coefficient (Wildman–Crippen LogP) is 2.06. The van der Waals surface area contributed by atoms with Crippen LogP contribution < -0.4 is 0 Å². The van der Waals surface area contributed by atoms with Gasteiger partial charge in [-0.3, -0.25) is 4.90 Å². The molecule has 1 fully saturated rings. The second-order valence-corrected chi connectivity index (χ2v) is 6.47. The molecule has 3 atom stereocenters. The number of aliphatic hydroxyl groups excluding tert-OH is 1. The molecule has 2 aliphatic rings. The molecule has 1 saturated heterocycles. The van der Waals surface area contributed by atoms with Gasteiger partial charge in [-0.25, -0.2) is 0 Å². The van der Waals surface area contributed by atoms with Crippen molar-refractivity contribution in [1.29, 1.82) is 0 Å². The van der Waals surface area contributed by atoms with Crippen LogP contribution in [0.2, 0.25) is 0 Å². The van der Waals surface area contributed by atoms with Crippen molar-refractivity contribution in [3.8, 4) is 0 Å². The highest BCUT2D eigenvalue weighted by Gasteiger charge is 2.32. The number of hydrogen-bond donors (Lipinski definition) is 1. The molecule has 0 radical (unpaired) electrons. The first-order chi connectivity index (χ1) is 9.66. The Morgan fingerprint density at radius 1 is 1.30 bits per heavy atom. The summed E-state index contributed by atoms with van der Waals surface area (Å²) in [5.41, 5.74) is 2.46. The molecule has 1 heterocycles. The van der Waals surface area contributed by atoms with E-state index < -0.39 is 0 Å². The van der Waals surface area contributed by atoms with Crippen molar-refractivity contribution in [2.24, 2.45) is 0 Å². The van der Waals surface area contributed by atoms with Crippen LogP contribution in [0.25, 0.3) is 0 Å². The third kappa shape index (κ3) is 2.62. The molecule has 0 saturated carbocycles. The Kier molecular flexibility index (Phi) is 4.11. The van der Waals surface area contributed by atoms with Crippen LogP contribution in [-0.2, 0) is 6.42 Å². The van der Waals surface area contributed by atoms with Gasteiger partial charge in [0.2, 0.25) is 0 Å². The van der Waals surface area contributed by atoms with Crippen LogP contribution in [0, 0.1) is 0 Å². The summed E-state index contributed by atoms with van der Waals surface area (Å²) in [6, 6.07) is 9.27. The fraction of sp³-hybridized carbons (Fsp3) is 0.647. The average Bonchev–Trinajstić information content (AvgIpc) is 2.85.